The third-order valence-corrected chi connectivity index (χ3v) is 2.69. The van der Waals surface area contributed by atoms with E-state index in [4.69, 9.17) is 14.9 Å². The van der Waals surface area contributed by atoms with Gasteiger partial charge in [0.2, 0.25) is 11.5 Å². The Kier molecular flexibility index (Phi) is 5.60. The number of nitrogens with zero attached hydrogens (tertiary/aromatic N) is 1. The summed E-state index contributed by atoms with van der Waals surface area (Å²) in [5, 5.41) is 14.5. The molecule has 2 rings (SSSR count). The first-order valence-corrected chi connectivity index (χ1v) is 5.81. The maximum atomic E-state index is 11.9. The van der Waals surface area contributed by atoms with Crippen LogP contribution < -0.4 is 20.5 Å². The van der Waals surface area contributed by atoms with Gasteiger partial charge in [0, 0.05) is 18.7 Å². The van der Waals surface area contributed by atoms with Crippen molar-refractivity contribution in [3.63, 3.8) is 0 Å². The van der Waals surface area contributed by atoms with Crippen molar-refractivity contribution in [1.82, 2.24) is 5.32 Å². The lowest BCUT2D eigenvalue weighted by Gasteiger charge is -2.00. The molecule has 8 heteroatoms. The van der Waals surface area contributed by atoms with Crippen LogP contribution in [0, 0.1) is 5.21 Å². The molecular formula is C12H16ClN3O4. The third-order valence-electron chi connectivity index (χ3n) is 2.69. The van der Waals surface area contributed by atoms with Crippen LogP contribution in [-0.4, -0.2) is 26.1 Å². The van der Waals surface area contributed by atoms with Crippen molar-refractivity contribution in [3.8, 4) is 5.75 Å². The highest BCUT2D eigenvalue weighted by Gasteiger charge is 2.18. The monoisotopic (exact) mass is 301 g/mol. The van der Waals surface area contributed by atoms with Crippen LogP contribution in [0.5, 0.6) is 5.75 Å². The van der Waals surface area contributed by atoms with Crippen LogP contribution in [0.15, 0.2) is 22.6 Å². The molecule has 1 heterocycles. The van der Waals surface area contributed by atoms with E-state index in [2.05, 4.69) is 5.32 Å². The van der Waals surface area contributed by atoms with Crippen molar-refractivity contribution in [2.75, 3.05) is 20.2 Å². The average molecular weight is 302 g/mol. The molecule has 1 amide bonds. The number of ether oxygens (including phenoxy) is 1. The Bertz CT molecular complexity index is 600. The Morgan fingerprint density at radius 3 is 2.95 bits per heavy atom. The van der Waals surface area contributed by atoms with Crippen LogP contribution in [0.3, 0.4) is 0 Å². The minimum Gasteiger partial charge on any atom is -0.616 e. The van der Waals surface area contributed by atoms with Gasteiger partial charge in [0.15, 0.2) is 0 Å². The van der Waals surface area contributed by atoms with Crippen LogP contribution in [0.25, 0.3) is 11.1 Å². The number of halogens is 1. The summed E-state index contributed by atoms with van der Waals surface area (Å²) in [5.74, 6) is 0.584. The number of amides is 1. The number of methoxy groups -OCH3 is 1. The van der Waals surface area contributed by atoms with Crippen LogP contribution in [0.2, 0.25) is 0 Å². The topological polar surface area (TPSA) is 104 Å². The van der Waals surface area contributed by atoms with E-state index in [1.807, 2.05) is 0 Å². The molecule has 0 aliphatic heterocycles. The average Bonchev–Trinajstić information content (AvgIpc) is 2.74. The first kappa shape index (κ1) is 16.1. The fraction of sp³-hybridized carbons (Fsp3) is 0.333. The number of hydrogen-bond donors (Lipinski definition) is 2. The van der Waals surface area contributed by atoms with E-state index in [-0.39, 0.29) is 30.7 Å². The van der Waals surface area contributed by atoms with Gasteiger partial charge in [-0.05, 0) is 6.07 Å². The predicted octanol–water partition coefficient (Wildman–Crippen LogP) is 0.114. The maximum absolute atomic E-state index is 11.9. The van der Waals surface area contributed by atoms with Gasteiger partial charge in [-0.15, -0.1) is 17.1 Å². The van der Waals surface area contributed by atoms with Gasteiger partial charge in [0.25, 0.3) is 5.52 Å². The van der Waals surface area contributed by atoms with Gasteiger partial charge in [-0.1, -0.05) is 0 Å². The standard InChI is InChI=1S/C12H15N3O4.ClH/c1-18-8-2-3-9-10(6-8)19-12(15(9)17)4-5-14-11(16)7-13;/h2-3,6H,4-5,7,13H2,1H3,(H,14,16);1H. The zero-order valence-electron chi connectivity index (χ0n) is 10.9. The van der Waals surface area contributed by atoms with Gasteiger partial charge < -0.3 is 25.4 Å². The summed E-state index contributed by atoms with van der Waals surface area (Å²) < 4.78 is 11.2. The van der Waals surface area contributed by atoms with Gasteiger partial charge in [-0.3, -0.25) is 4.79 Å². The first-order valence-electron chi connectivity index (χ1n) is 5.81. The summed E-state index contributed by atoms with van der Waals surface area (Å²) in [7, 11) is 1.54. The van der Waals surface area contributed by atoms with Crippen molar-refractivity contribution in [3.05, 3.63) is 29.3 Å². The van der Waals surface area contributed by atoms with E-state index >= 15 is 0 Å². The highest BCUT2D eigenvalue weighted by Crippen LogP contribution is 2.20. The largest absolute Gasteiger partial charge is 0.616 e. The van der Waals surface area contributed by atoms with E-state index < -0.39 is 0 Å². The van der Waals surface area contributed by atoms with Crippen molar-refractivity contribution in [2.24, 2.45) is 5.73 Å². The predicted molar refractivity (Wildman–Crippen MR) is 74.7 cm³/mol. The van der Waals surface area contributed by atoms with Crippen molar-refractivity contribution in [2.45, 2.75) is 6.42 Å². The second-order valence-corrected chi connectivity index (χ2v) is 3.93. The van der Waals surface area contributed by atoms with Crippen molar-refractivity contribution < 1.29 is 18.7 Å². The molecular weight excluding hydrogens is 286 g/mol. The Balaban J connectivity index is 0.00000200. The molecule has 0 aliphatic carbocycles. The molecule has 7 nitrogen and oxygen atoms in total. The number of carbonyl (C=O) groups is 1. The van der Waals surface area contributed by atoms with Gasteiger partial charge >= 0.3 is 5.89 Å². The number of carbonyl (C=O) groups excluding carboxylic acids is 1. The van der Waals surface area contributed by atoms with Crippen LogP contribution in [0.1, 0.15) is 5.89 Å². The molecule has 0 aliphatic rings. The fourth-order valence-electron chi connectivity index (χ4n) is 1.71. The number of hydrogen-bond acceptors (Lipinski definition) is 5. The molecule has 1 aromatic carbocycles. The van der Waals surface area contributed by atoms with Crippen LogP contribution >= 0.6 is 12.4 Å². The van der Waals surface area contributed by atoms with Gasteiger partial charge in [0.1, 0.15) is 5.75 Å². The minimum absolute atomic E-state index is 0. The quantitative estimate of drug-likeness (QED) is 0.602. The SMILES string of the molecule is COc1ccc2c(c1)oc(CCNC(=O)CN)[n+]2[O-].Cl. The summed E-state index contributed by atoms with van der Waals surface area (Å²) in [5.41, 5.74) is 6.04. The molecule has 1 aromatic heterocycles. The Labute approximate surface area is 121 Å². The number of benzene rings is 1. The van der Waals surface area contributed by atoms with E-state index in [0.717, 1.165) is 0 Å². The lowest BCUT2D eigenvalue weighted by molar-refractivity contribution is -0.592. The highest BCUT2D eigenvalue weighted by molar-refractivity contribution is 5.85. The molecule has 0 saturated heterocycles. The molecule has 0 radical (unpaired) electrons. The van der Waals surface area contributed by atoms with E-state index in [0.29, 0.717) is 34.5 Å². The molecule has 0 saturated carbocycles. The lowest BCUT2D eigenvalue weighted by Crippen LogP contribution is -2.35. The summed E-state index contributed by atoms with van der Waals surface area (Å²) in [6, 6.07) is 4.96. The van der Waals surface area contributed by atoms with Gasteiger partial charge in [-0.2, -0.15) is 0 Å². The van der Waals surface area contributed by atoms with Crippen LogP contribution in [0.4, 0.5) is 0 Å². The Hall–Kier alpha value is -1.99. The zero-order chi connectivity index (χ0) is 13.8. The van der Waals surface area contributed by atoms with Crippen molar-refractivity contribution in [1.29, 1.82) is 0 Å². The number of nitrogens with two attached hydrogens (primary N) is 1. The second-order valence-electron chi connectivity index (χ2n) is 3.93. The van der Waals surface area contributed by atoms with Gasteiger partial charge in [0.05, 0.1) is 20.1 Å². The number of aromatic nitrogens is 1. The smallest absolute Gasteiger partial charge is 0.361 e. The molecule has 0 spiro atoms. The highest BCUT2D eigenvalue weighted by atomic mass is 35.5. The normalized spacial score (nSPS) is 10.1. The molecule has 0 fully saturated rings. The van der Waals surface area contributed by atoms with E-state index in [1.165, 1.54) is 0 Å². The molecule has 0 bridgehead atoms. The molecule has 3 N–H and O–H groups in total. The van der Waals surface area contributed by atoms with Crippen molar-refractivity contribution >= 4 is 29.4 Å². The first-order chi connectivity index (χ1) is 9.15. The second kappa shape index (κ2) is 6.97. The summed E-state index contributed by atoms with van der Waals surface area (Å²) in [6.45, 7) is 0.226. The maximum Gasteiger partial charge on any atom is 0.361 e. The number of nitrogens with one attached hydrogen (secondary N) is 1. The molecule has 20 heavy (non-hydrogen) atoms. The fourth-order valence-corrected chi connectivity index (χ4v) is 1.71. The Morgan fingerprint density at radius 1 is 1.55 bits per heavy atom. The molecule has 0 unspecified atom stereocenters. The van der Waals surface area contributed by atoms with E-state index in [9.17, 15) is 10.0 Å². The molecule has 110 valence electrons. The Morgan fingerprint density at radius 2 is 2.30 bits per heavy atom. The summed E-state index contributed by atoms with van der Waals surface area (Å²) >= 11 is 0. The number of oxazole rings is 1. The van der Waals surface area contributed by atoms with Crippen LogP contribution in [-0.2, 0) is 11.2 Å². The third kappa shape index (κ3) is 3.31. The lowest BCUT2D eigenvalue weighted by atomic mass is 10.3. The summed E-state index contributed by atoms with van der Waals surface area (Å²) in [4.78, 5) is 11.0. The number of rotatable bonds is 5. The minimum atomic E-state index is -0.268. The van der Waals surface area contributed by atoms with E-state index in [1.54, 1.807) is 25.3 Å². The molecule has 0 atom stereocenters. The zero-order valence-corrected chi connectivity index (χ0v) is 11.7. The molecule has 2 aromatic rings. The summed E-state index contributed by atoms with van der Waals surface area (Å²) in [6.07, 6.45) is 0.298. The van der Waals surface area contributed by atoms with Gasteiger partial charge in [-0.25, -0.2) is 0 Å². The number of fused-ring (bicyclic) bond motifs is 1.